The summed E-state index contributed by atoms with van der Waals surface area (Å²) in [6.45, 7) is 1.34. The molecule has 0 aliphatic carbocycles. The lowest BCUT2D eigenvalue weighted by Crippen LogP contribution is -2.13. The zero-order chi connectivity index (χ0) is 10.5. The minimum Gasteiger partial charge on any atom is -0.462 e. The van der Waals surface area contributed by atoms with Gasteiger partial charge >= 0.3 is 12.1 Å². The summed E-state index contributed by atoms with van der Waals surface area (Å²) in [6, 6.07) is 0. The van der Waals surface area contributed by atoms with Gasteiger partial charge in [0.2, 0.25) is 0 Å². The summed E-state index contributed by atoms with van der Waals surface area (Å²) in [5.74, 6) is -1.27. The van der Waals surface area contributed by atoms with Gasteiger partial charge in [-0.15, -0.1) is 0 Å². The molecule has 0 rings (SSSR count). The maximum absolute atomic E-state index is 11.7. The number of esters is 1. The van der Waals surface area contributed by atoms with Crippen molar-refractivity contribution in [3.63, 3.8) is 0 Å². The topological polar surface area (TPSA) is 43.4 Å². The summed E-state index contributed by atoms with van der Waals surface area (Å²) in [4.78, 5) is 20.7. The largest absolute Gasteiger partial charge is 0.462 e. The van der Waals surface area contributed by atoms with E-state index in [-0.39, 0.29) is 12.9 Å². The Hall–Kier alpha value is -1.33. The van der Waals surface area contributed by atoms with Crippen LogP contribution in [0.5, 0.6) is 0 Å². The molecule has 0 amide bonds. The number of alkyl halides is 3. The molecule has 3 nitrogen and oxygen atoms in total. The molecule has 0 heterocycles. The Labute approximate surface area is 72.2 Å². The van der Waals surface area contributed by atoms with Crippen LogP contribution >= 0.6 is 0 Å². The van der Waals surface area contributed by atoms with Crippen molar-refractivity contribution in [2.45, 2.75) is 13.1 Å². The molecular weight excluding hydrogens is 189 g/mol. The number of hydrogen-bond donors (Lipinski definition) is 0. The number of aldehydes is 1. The standard InChI is InChI=1S/C7H7F3O3/c1-2-13-6(12)5(4-11)3-7(8,9)10/h3-4H,2H2,1H3/b5-3+. The second kappa shape index (κ2) is 4.64. The van der Waals surface area contributed by atoms with E-state index in [1.165, 1.54) is 6.92 Å². The van der Waals surface area contributed by atoms with Crippen molar-refractivity contribution in [2.75, 3.05) is 6.61 Å². The van der Waals surface area contributed by atoms with Crippen LogP contribution < -0.4 is 0 Å². The zero-order valence-corrected chi connectivity index (χ0v) is 6.72. The predicted molar refractivity (Wildman–Crippen MR) is 36.8 cm³/mol. The Balaban J connectivity index is 4.60. The summed E-state index contributed by atoms with van der Waals surface area (Å²) in [5.41, 5.74) is -1.03. The highest BCUT2D eigenvalue weighted by Gasteiger charge is 2.27. The van der Waals surface area contributed by atoms with Crippen molar-refractivity contribution in [1.82, 2.24) is 0 Å². The Morgan fingerprint density at radius 2 is 2.00 bits per heavy atom. The third-order valence-electron chi connectivity index (χ3n) is 0.957. The molecule has 0 saturated heterocycles. The number of hydrogen-bond acceptors (Lipinski definition) is 3. The summed E-state index contributed by atoms with van der Waals surface area (Å²) in [7, 11) is 0. The molecule has 13 heavy (non-hydrogen) atoms. The second-order valence-electron chi connectivity index (χ2n) is 1.98. The van der Waals surface area contributed by atoms with Gasteiger partial charge in [-0.05, 0) is 6.92 Å². The van der Waals surface area contributed by atoms with Gasteiger partial charge in [0, 0.05) is 6.08 Å². The maximum Gasteiger partial charge on any atom is 0.410 e. The third-order valence-corrected chi connectivity index (χ3v) is 0.957. The molecular formula is C7H7F3O3. The van der Waals surface area contributed by atoms with Crippen molar-refractivity contribution in [3.8, 4) is 0 Å². The molecule has 0 saturated carbocycles. The molecule has 0 aliphatic heterocycles. The SMILES string of the molecule is CCOC(=O)/C(C=O)=C/C(F)(F)F. The van der Waals surface area contributed by atoms with E-state index < -0.39 is 23.8 Å². The normalized spacial score (nSPS) is 12.5. The Kier molecular flexibility index (Phi) is 4.16. The Bertz CT molecular complexity index is 230. The highest BCUT2D eigenvalue weighted by atomic mass is 19.4. The summed E-state index contributed by atoms with van der Waals surface area (Å²) < 4.78 is 39.2. The van der Waals surface area contributed by atoms with Crippen LogP contribution in [0.3, 0.4) is 0 Å². The van der Waals surface area contributed by atoms with Crippen molar-refractivity contribution in [1.29, 1.82) is 0 Å². The quantitative estimate of drug-likeness (QED) is 0.224. The molecule has 0 aromatic carbocycles. The molecule has 0 atom stereocenters. The molecule has 0 spiro atoms. The maximum atomic E-state index is 11.7. The predicted octanol–water partition coefficient (Wildman–Crippen LogP) is 1.24. The molecule has 0 N–H and O–H groups in total. The smallest absolute Gasteiger partial charge is 0.410 e. The fourth-order valence-electron chi connectivity index (χ4n) is 0.532. The fourth-order valence-corrected chi connectivity index (χ4v) is 0.532. The lowest BCUT2D eigenvalue weighted by molar-refractivity contribution is -0.140. The van der Waals surface area contributed by atoms with Gasteiger partial charge in [-0.3, -0.25) is 4.79 Å². The molecule has 74 valence electrons. The van der Waals surface area contributed by atoms with Gasteiger partial charge in [-0.2, -0.15) is 13.2 Å². The highest BCUT2D eigenvalue weighted by molar-refractivity contribution is 6.07. The number of carbonyl (C=O) groups is 2. The van der Waals surface area contributed by atoms with Gasteiger partial charge in [-0.25, -0.2) is 4.79 Å². The van der Waals surface area contributed by atoms with E-state index in [0.29, 0.717) is 0 Å². The van der Waals surface area contributed by atoms with Crippen LogP contribution in [0.15, 0.2) is 11.6 Å². The Morgan fingerprint density at radius 3 is 2.31 bits per heavy atom. The Morgan fingerprint density at radius 1 is 1.46 bits per heavy atom. The van der Waals surface area contributed by atoms with Gasteiger partial charge < -0.3 is 4.74 Å². The van der Waals surface area contributed by atoms with Crippen molar-refractivity contribution in [2.24, 2.45) is 0 Å². The number of allylic oxidation sites excluding steroid dienone is 1. The molecule has 0 aromatic rings. The van der Waals surface area contributed by atoms with Crippen LogP contribution in [0.2, 0.25) is 0 Å². The number of halogens is 3. The van der Waals surface area contributed by atoms with Crippen LogP contribution in [-0.4, -0.2) is 25.0 Å². The third kappa shape index (κ3) is 5.00. The monoisotopic (exact) mass is 196 g/mol. The first-order valence-electron chi connectivity index (χ1n) is 3.32. The summed E-state index contributed by atoms with van der Waals surface area (Å²) in [5, 5.41) is 0. The molecule has 0 fully saturated rings. The van der Waals surface area contributed by atoms with Crippen LogP contribution in [0.25, 0.3) is 0 Å². The van der Waals surface area contributed by atoms with Crippen LogP contribution in [-0.2, 0) is 14.3 Å². The van der Waals surface area contributed by atoms with E-state index in [1.54, 1.807) is 0 Å². The average molecular weight is 196 g/mol. The highest BCUT2D eigenvalue weighted by Crippen LogP contribution is 2.18. The van der Waals surface area contributed by atoms with Gasteiger partial charge in [0.25, 0.3) is 0 Å². The summed E-state index contributed by atoms with van der Waals surface area (Å²) in [6.07, 6.45) is -5.27. The van der Waals surface area contributed by atoms with Crippen LogP contribution in [0.1, 0.15) is 6.92 Å². The summed E-state index contributed by atoms with van der Waals surface area (Å²) >= 11 is 0. The van der Waals surface area contributed by atoms with E-state index in [1.807, 2.05) is 0 Å². The van der Waals surface area contributed by atoms with Gasteiger partial charge in [-0.1, -0.05) is 0 Å². The van der Waals surface area contributed by atoms with Crippen molar-refractivity contribution in [3.05, 3.63) is 11.6 Å². The first kappa shape index (κ1) is 11.7. The number of ether oxygens (including phenoxy) is 1. The molecule has 0 aliphatic rings. The van der Waals surface area contributed by atoms with Gasteiger partial charge in [0.15, 0.2) is 6.29 Å². The van der Waals surface area contributed by atoms with E-state index in [9.17, 15) is 22.8 Å². The average Bonchev–Trinajstić information content (AvgIpc) is 1.99. The molecule has 0 radical (unpaired) electrons. The lowest BCUT2D eigenvalue weighted by Gasteiger charge is -2.02. The molecule has 0 aromatic heterocycles. The number of rotatable bonds is 3. The number of carbonyl (C=O) groups excluding carboxylic acids is 2. The minimum absolute atomic E-state index is 0.0815. The van der Waals surface area contributed by atoms with Gasteiger partial charge in [0.1, 0.15) is 5.57 Å². The van der Waals surface area contributed by atoms with E-state index >= 15 is 0 Å². The van der Waals surface area contributed by atoms with E-state index in [2.05, 4.69) is 4.74 Å². The molecule has 0 bridgehead atoms. The first-order valence-corrected chi connectivity index (χ1v) is 3.32. The first-order chi connectivity index (χ1) is 5.90. The van der Waals surface area contributed by atoms with Crippen molar-refractivity contribution >= 4 is 12.3 Å². The molecule has 0 unspecified atom stereocenters. The van der Waals surface area contributed by atoms with Crippen LogP contribution in [0, 0.1) is 0 Å². The zero-order valence-electron chi connectivity index (χ0n) is 6.72. The lowest BCUT2D eigenvalue weighted by atomic mass is 10.3. The molecule has 6 heteroatoms. The minimum atomic E-state index is -4.69. The second-order valence-corrected chi connectivity index (χ2v) is 1.98. The van der Waals surface area contributed by atoms with Crippen molar-refractivity contribution < 1.29 is 27.5 Å². The van der Waals surface area contributed by atoms with Gasteiger partial charge in [0.05, 0.1) is 6.61 Å². The van der Waals surface area contributed by atoms with E-state index in [4.69, 9.17) is 0 Å². The van der Waals surface area contributed by atoms with Crippen LogP contribution in [0.4, 0.5) is 13.2 Å². The van der Waals surface area contributed by atoms with E-state index in [0.717, 1.165) is 0 Å². The fraction of sp³-hybridized carbons (Fsp3) is 0.429.